The van der Waals surface area contributed by atoms with Crippen LogP contribution in [0, 0.1) is 13.8 Å². The number of anilines is 1. The molecule has 0 atom stereocenters. The summed E-state index contributed by atoms with van der Waals surface area (Å²) in [6.45, 7) is 3.82. The molecule has 0 aliphatic heterocycles. The molecule has 0 amide bonds. The maximum atomic E-state index is 11.5. The van der Waals surface area contributed by atoms with Gasteiger partial charge in [-0.25, -0.2) is 8.42 Å². The van der Waals surface area contributed by atoms with Gasteiger partial charge in [-0.05, 0) is 31.0 Å². The van der Waals surface area contributed by atoms with Gasteiger partial charge in [0.25, 0.3) is 0 Å². The van der Waals surface area contributed by atoms with Gasteiger partial charge in [0.2, 0.25) is 10.0 Å². The van der Waals surface area contributed by atoms with Gasteiger partial charge in [-0.3, -0.25) is 4.72 Å². The molecule has 1 N–H and O–H groups in total. The Morgan fingerprint density at radius 3 is 2.60 bits per heavy atom. The fourth-order valence-electron chi connectivity index (χ4n) is 1.18. The maximum Gasteiger partial charge on any atom is 0.233 e. The van der Waals surface area contributed by atoms with Crippen molar-refractivity contribution in [3.8, 4) is 0 Å². The van der Waals surface area contributed by atoms with Crippen molar-refractivity contribution in [1.29, 1.82) is 0 Å². The van der Waals surface area contributed by atoms with Gasteiger partial charge in [0.15, 0.2) is 0 Å². The van der Waals surface area contributed by atoms with Crippen molar-refractivity contribution in [2.45, 2.75) is 13.8 Å². The summed E-state index contributed by atoms with van der Waals surface area (Å²) >= 11 is 5.40. The first kappa shape index (κ1) is 12.3. The summed E-state index contributed by atoms with van der Waals surface area (Å²) in [5.41, 5.74) is 2.62. The van der Waals surface area contributed by atoms with Crippen molar-refractivity contribution in [3.63, 3.8) is 0 Å². The standard InChI is InChI=1S/C10H14ClNO2S/c1-8-4-3-5-10(9(8)2)12-15(13,14)7-6-11/h3-5,12H,6-7H2,1-2H3. The molecule has 15 heavy (non-hydrogen) atoms. The molecule has 0 radical (unpaired) electrons. The number of benzene rings is 1. The van der Waals surface area contributed by atoms with Gasteiger partial charge in [0.05, 0.1) is 11.4 Å². The van der Waals surface area contributed by atoms with E-state index in [2.05, 4.69) is 4.72 Å². The molecular weight excluding hydrogens is 234 g/mol. The van der Waals surface area contributed by atoms with E-state index in [1.807, 2.05) is 26.0 Å². The normalized spacial score (nSPS) is 11.4. The lowest BCUT2D eigenvalue weighted by Crippen LogP contribution is -2.18. The number of rotatable bonds is 4. The van der Waals surface area contributed by atoms with Crippen molar-refractivity contribution in [1.82, 2.24) is 0 Å². The third kappa shape index (κ3) is 3.39. The topological polar surface area (TPSA) is 46.2 Å². The molecule has 0 saturated heterocycles. The summed E-state index contributed by atoms with van der Waals surface area (Å²) in [5.74, 6) is 0.0299. The summed E-state index contributed by atoms with van der Waals surface area (Å²) in [6, 6.07) is 5.50. The van der Waals surface area contributed by atoms with Gasteiger partial charge in [-0.2, -0.15) is 0 Å². The Morgan fingerprint density at radius 1 is 1.33 bits per heavy atom. The van der Waals surface area contributed by atoms with Crippen LogP contribution in [0.5, 0.6) is 0 Å². The molecule has 0 unspecified atom stereocenters. The molecule has 0 saturated carbocycles. The molecule has 0 heterocycles. The van der Waals surface area contributed by atoms with E-state index < -0.39 is 10.0 Å². The molecule has 0 aliphatic carbocycles. The molecule has 0 aromatic heterocycles. The number of hydrogen-bond acceptors (Lipinski definition) is 2. The summed E-state index contributed by atoms with van der Waals surface area (Å²) < 4.78 is 25.5. The van der Waals surface area contributed by atoms with Crippen LogP contribution in [0.1, 0.15) is 11.1 Å². The molecule has 1 rings (SSSR count). The lowest BCUT2D eigenvalue weighted by Gasteiger charge is -2.10. The molecule has 0 aliphatic rings. The van der Waals surface area contributed by atoms with Crippen LogP contribution >= 0.6 is 11.6 Å². The molecule has 0 spiro atoms. The second-order valence-electron chi connectivity index (χ2n) is 3.36. The Balaban J connectivity index is 2.95. The summed E-state index contributed by atoms with van der Waals surface area (Å²) in [7, 11) is -3.31. The maximum absolute atomic E-state index is 11.5. The average molecular weight is 248 g/mol. The Kier molecular flexibility index (Phi) is 3.99. The molecule has 0 fully saturated rings. The lowest BCUT2D eigenvalue weighted by atomic mass is 10.1. The molecule has 5 heteroatoms. The highest BCUT2D eigenvalue weighted by molar-refractivity contribution is 7.92. The molecule has 1 aromatic rings. The van der Waals surface area contributed by atoms with E-state index in [1.54, 1.807) is 6.07 Å². The third-order valence-corrected chi connectivity index (χ3v) is 3.90. The van der Waals surface area contributed by atoms with Crippen LogP contribution in [0.4, 0.5) is 5.69 Å². The van der Waals surface area contributed by atoms with Crippen LogP contribution in [-0.4, -0.2) is 20.1 Å². The summed E-state index contributed by atoms with van der Waals surface area (Å²) in [6.07, 6.45) is 0. The molecular formula is C10H14ClNO2S. The first-order chi connectivity index (χ1) is 6.96. The van der Waals surface area contributed by atoms with Crippen LogP contribution in [0.15, 0.2) is 18.2 Å². The largest absolute Gasteiger partial charge is 0.283 e. The summed E-state index contributed by atoms with van der Waals surface area (Å²) in [4.78, 5) is 0. The van der Waals surface area contributed by atoms with E-state index in [0.29, 0.717) is 5.69 Å². The van der Waals surface area contributed by atoms with E-state index in [-0.39, 0.29) is 11.6 Å². The quantitative estimate of drug-likeness (QED) is 0.830. The van der Waals surface area contributed by atoms with E-state index in [4.69, 9.17) is 11.6 Å². The molecule has 0 bridgehead atoms. The zero-order chi connectivity index (χ0) is 11.5. The van der Waals surface area contributed by atoms with Gasteiger partial charge in [0, 0.05) is 5.88 Å². The summed E-state index contributed by atoms with van der Waals surface area (Å²) in [5, 5.41) is 0. The number of alkyl halides is 1. The van der Waals surface area contributed by atoms with E-state index in [0.717, 1.165) is 11.1 Å². The fourth-order valence-corrected chi connectivity index (χ4v) is 2.65. The van der Waals surface area contributed by atoms with Crippen LogP contribution in [-0.2, 0) is 10.0 Å². The highest BCUT2D eigenvalue weighted by Gasteiger charge is 2.11. The Bertz CT molecular complexity index is 443. The number of halogens is 1. The van der Waals surface area contributed by atoms with E-state index in [1.165, 1.54) is 0 Å². The second-order valence-corrected chi connectivity index (χ2v) is 5.58. The smallest absolute Gasteiger partial charge is 0.233 e. The van der Waals surface area contributed by atoms with Gasteiger partial charge < -0.3 is 0 Å². The van der Waals surface area contributed by atoms with E-state index >= 15 is 0 Å². The predicted octanol–water partition coefficient (Wildman–Crippen LogP) is 2.28. The minimum Gasteiger partial charge on any atom is -0.283 e. The average Bonchev–Trinajstić information content (AvgIpc) is 2.12. The second kappa shape index (κ2) is 4.86. The van der Waals surface area contributed by atoms with Crippen LogP contribution in [0.3, 0.4) is 0 Å². The number of aryl methyl sites for hydroxylation is 1. The molecule has 84 valence electrons. The minimum atomic E-state index is -3.31. The van der Waals surface area contributed by atoms with Gasteiger partial charge >= 0.3 is 0 Å². The highest BCUT2D eigenvalue weighted by atomic mass is 35.5. The zero-order valence-electron chi connectivity index (χ0n) is 8.75. The van der Waals surface area contributed by atoms with Crippen molar-refractivity contribution in [2.75, 3.05) is 16.4 Å². The predicted molar refractivity (Wildman–Crippen MR) is 64.0 cm³/mol. The third-order valence-electron chi connectivity index (χ3n) is 2.22. The van der Waals surface area contributed by atoms with Crippen molar-refractivity contribution in [2.24, 2.45) is 0 Å². The van der Waals surface area contributed by atoms with E-state index in [9.17, 15) is 8.42 Å². The SMILES string of the molecule is Cc1cccc(NS(=O)(=O)CCCl)c1C. The number of hydrogen-bond donors (Lipinski definition) is 1. The van der Waals surface area contributed by atoms with Crippen molar-refractivity contribution >= 4 is 27.3 Å². The van der Waals surface area contributed by atoms with Gasteiger partial charge in [-0.1, -0.05) is 12.1 Å². The van der Waals surface area contributed by atoms with Crippen molar-refractivity contribution in [3.05, 3.63) is 29.3 Å². The number of nitrogens with one attached hydrogen (secondary N) is 1. The zero-order valence-corrected chi connectivity index (χ0v) is 10.3. The fraction of sp³-hybridized carbons (Fsp3) is 0.400. The van der Waals surface area contributed by atoms with Crippen LogP contribution in [0.25, 0.3) is 0 Å². The highest BCUT2D eigenvalue weighted by Crippen LogP contribution is 2.19. The number of sulfonamides is 1. The Labute approximate surface area is 95.5 Å². The minimum absolute atomic E-state index is 0.0675. The molecule has 3 nitrogen and oxygen atoms in total. The lowest BCUT2D eigenvalue weighted by molar-refractivity contribution is 0.602. The first-order valence-corrected chi connectivity index (χ1v) is 6.77. The van der Waals surface area contributed by atoms with Gasteiger partial charge in [0.1, 0.15) is 0 Å². The van der Waals surface area contributed by atoms with Gasteiger partial charge in [-0.15, -0.1) is 11.6 Å². The Hall–Kier alpha value is -0.740. The Morgan fingerprint density at radius 2 is 2.00 bits per heavy atom. The van der Waals surface area contributed by atoms with Crippen LogP contribution < -0.4 is 4.72 Å². The molecule has 1 aromatic carbocycles. The van der Waals surface area contributed by atoms with Crippen molar-refractivity contribution < 1.29 is 8.42 Å². The van der Waals surface area contributed by atoms with Crippen LogP contribution in [0.2, 0.25) is 0 Å². The monoisotopic (exact) mass is 247 g/mol. The first-order valence-electron chi connectivity index (χ1n) is 4.59.